The average Bonchev–Trinajstić information content (AvgIpc) is 2.96. The fourth-order valence-electron chi connectivity index (χ4n) is 3.82. The molecule has 1 saturated carbocycles. The molecular weight excluding hydrogens is 286 g/mol. The Morgan fingerprint density at radius 1 is 1.00 bits per heavy atom. The second kappa shape index (κ2) is 6.17. The van der Waals surface area contributed by atoms with Crippen LogP contribution in [0.5, 0.6) is 0 Å². The van der Waals surface area contributed by atoms with E-state index in [4.69, 9.17) is 4.74 Å². The summed E-state index contributed by atoms with van der Waals surface area (Å²) < 4.78 is 5.64. The van der Waals surface area contributed by atoms with Gasteiger partial charge in [0.1, 0.15) is 0 Å². The quantitative estimate of drug-likeness (QED) is 0.942. The molecule has 1 amide bonds. The number of ether oxygens (including phenoxy) is 1. The van der Waals surface area contributed by atoms with Gasteiger partial charge in [-0.25, -0.2) is 0 Å². The Morgan fingerprint density at radius 3 is 2.17 bits per heavy atom. The van der Waals surface area contributed by atoms with Gasteiger partial charge in [-0.3, -0.25) is 4.79 Å². The number of nitrogens with one attached hydrogen (secondary N) is 1. The normalized spacial score (nSPS) is 25.7. The monoisotopic (exact) mass is 307 g/mol. The number of benzene rings is 2. The zero-order valence-corrected chi connectivity index (χ0v) is 13.0. The van der Waals surface area contributed by atoms with Crippen molar-refractivity contribution >= 4 is 5.91 Å². The molecule has 2 aromatic carbocycles. The van der Waals surface area contributed by atoms with E-state index in [9.17, 15) is 4.79 Å². The minimum Gasteiger partial charge on any atom is -0.378 e. The van der Waals surface area contributed by atoms with E-state index < -0.39 is 0 Å². The highest BCUT2D eigenvalue weighted by atomic mass is 16.5. The lowest BCUT2D eigenvalue weighted by molar-refractivity contribution is -0.124. The molecule has 2 fully saturated rings. The van der Waals surface area contributed by atoms with Gasteiger partial charge in [-0.15, -0.1) is 0 Å². The first-order valence-corrected chi connectivity index (χ1v) is 8.35. The van der Waals surface area contributed by atoms with Crippen LogP contribution in [0.2, 0.25) is 0 Å². The van der Waals surface area contributed by atoms with E-state index in [1.807, 2.05) is 60.7 Å². The molecule has 4 rings (SSSR count). The number of carbonyl (C=O) groups is 1. The number of fused-ring (bicyclic) bond motifs is 1. The maximum Gasteiger partial charge on any atom is 0.232 e. The van der Waals surface area contributed by atoms with E-state index in [0.29, 0.717) is 12.0 Å². The first kappa shape index (κ1) is 14.5. The Bertz CT molecular complexity index is 631. The Morgan fingerprint density at radius 2 is 1.61 bits per heavy atom. The summed E-state index contributed by atoms with van der Waals surface area (Å²) in [5.41, 5.74) is 2.07. The van der Waals surface area contributed by atoms with Gasteiger partial charge in [0, 0.05) is 18.6 Å². The van der Waals surface area contributed by atoms with Crippen molar-refractivity contribution in [2.75, 3.05) is 6.61 Å². The van der Waals surface area contributed by atoms with Crippen LogP contribution in [-0.4, -0.2) is 24.7 Å². The summed E-state index contributed by atoms with van der Waals surface area (Å²) in [5.74, 6) is 0.350. The molecule has 3 nitrogen and oxygen atoms in total. The Hall–Kier alpha value is -2.13. The molecule has 1 aliphatic heterocycles. The maximum absolute atomic E-state index is 13.0. The number of hydrogen-bond donors (Lipinski definition) is 1. The van der Waals surface area contributed by atoms with Gasteiger partial charge in [0.2, 0.25) is 5.91 Å². The van der Waals surface area contributed by atoms with Crippen molar-refractivity contribution in [1.82, 2.24) is 5.32 Å². The van der Waals surface area contributed by atoms with Gasteiger partial charge in [-0.2, -0.15) is 0 Å². The number of carbonyl (C=O) groups excluding carboxylic acids is 1. The van der Waals surface area contributed by atoms with Gasteiger partial charge in [-0.1, -0.05) is 60.7 Å². The van der Waals surface area contributed by atoms with Gasteiger partial charge < -0.3 is 10.1 Å². The van der Waals surface area contributed by atoms with Crippen LogP contribution in [0.25, 0.3) is 0 Å². The molecule has 3 atom stereocenters. The van der Waals surface area contributed by atoms with Crippen LogP contribution >= 0.6 is 0 Å². The molecule has 2 aliphatic rings. The van der Waals surface area contributed by atoms with Crippen LogP contribution in [0.4, 0.5) is 0 Å². The molecule has 0 radical (unpaired) electrons. The Balaban J connectivity index is 1.56. The van der Waals surface area contributed by atoms with Crippen LogP contribution in [-0.2, 0) is 9.53 Å². The molecule has 1 saturated heterocycles. The van der Waals surface area contributed by atoms with Crippen LogP contribution in [0, 0.1) is 5.92 Å². The average molecular weight is 307 g/mol. The van der Waals surface area contributed by atoms with Crippen molar-refractivity contribution < 1.29 is 9.53 Å². The molecular formula is C20H21NO2. The van der Waals surface area contributed by atoms with Crippen molar-refractivity contribution in [3.05, 3.63) is 71.8 Å². The van der Waals surface area contributed by atoms with Crippen molar-refractivity contribution in [3.8, 4) is 0 Å². The molecule has 23 heavy (non-hydrogen) atoms. The zero-order chi connectivity index (χ0) is 15.6. The standard InChI is InChI=1S/C20H21NO2/c22-20(21-17-13-18-16(17)11-12-23-18)19(14-7-3-1-4-8-14)15-9-5-2-6-10-15/h1-10,16-19H,11-13H2,(H,21,22)/t16-,17-,18+/m1/s1. The zero-order valence-electron chi connectivity index (χ0n) is 13.0. The largest absolute Gasteiger partial charge is 0.378 e. The molecule has 1 N–H and O–H groups in total. The minimum absolute atomic E-state index is 0.0951. The second-order valence-corrected chi connectivity index (χ2v) is 6.47. The van der Waals surface area contributed by atoms with Crippen LogP contribution < -0.4 is 5.32 Å². The molecule has 2 aromatic rings. The summed E-state index contributed by atoms with van der Waals surface area (Å²) in [6.45, 7) is 0.836. The fourth-order valence-corrected chi connectivity index (χ4v) is 3.82. The number of rotatable bonds is 4. The Kier molecular flexibility index (Phi) is 3.88. The highest BCUT2D eigenvalue weighted by Crippen LogP contribution is 2.39. The van der Waals surface area contributed by atoms with Crippen molar-refractivity contribution in [1.29, 1.82) is 0 Å². The lowest BCUT2D eigenvalue weighted by atomic mass is 9.76. The van der Waals surface area contributed by atoms with E-state index in [1.54, 1.807) is 0 Å². The molecule has 0 spiro atoms. The van der Waals surface area contributed by atoms with Gasteiger partial charge >= 0.3 is 0 Å². The van der Waals surface area contributed by atoms with Gasteiger partial charge in [0.25, 0.3) is 0 Å². The lowest BCUT2D eigenvalue weighted by Gasteiger charge is -2.40. The predicted molar refractivity (Wildman–Crippen MR) is 89.1 cm³/mol. The number of amides is 1. The van der Waals surface area contributed by atoms with Gasteiger partial charge in [0.15, 0.2) is 0 Å². The Labute approximate surface area is 136 Å². The van der Waals surface area contributed by atoms with Crippen LogP contribution in [0.1, 0.15) is 29.9 Å². The smallest absolute Gasteiger partial charge is 0.232 e. The molecule has 0 bridgehead atoms. The molecule has 0 unspecified atom stereocenters. The topological polar surface area (TPSA) is 38.3 Å². The van der Waals surface area contributed by atoms with E-state index in [2.05, 4.69) is 5.32 Å². The fraction of sp³-hybridized carbons (Fsp3) is 0.350. The highest BCUT2D eigenvalue weighted by molar-refractivity contribution is 5.87. The van der Waals surface area contributed by atoms with Crippen molar-refractivity contribution in [3.63, 3.8) is 0 Å². The van der Waals surface area contributed by atoms with E-state index in [-0.39, 0.29) is 17.9 Å². The van der Waals surface area contributed by atoms with E-state index in [0.717, 1.165) is 30.6 Å². The summed E-state index contributed by atoms with van der Waals surface area (Å²) >= 11 is 0. The van der Waals surface area contributed by atoms with Gasteiger partial charge in [0.05, 0.1) is 12.0 Å². The van der Waals surface area contributed by atoms with Crippen LogP contribution in [0.3, 0.4) is 0 Å². The van der Waals surface area contributed by atoms with E-state index >= 15 is 0 Å². The molecule has 0 aromatic heterocycles. The van der Waals surface area contributed by atoms with Crippen LogP contribution in [0.15, 0.2) is 60.7 Å². The maximum atomic E-state index is 13.0. The summed E-state index contributed by atoms with van der Waals surface area (Å²) in [5, 5.41) is 3.27. The van der Waals surface area contributed by atoms with Crippen molar-refractivity contribution in [2.45, 2.75) is 30.9 Å². The van der Waals surface area contributed by atoms with E-state index in [1.165, 1.54) is 0 Å². The lowest BCUT2D eigenvalue weighted by Crippen LogP contribution is -2.54. The summed E-state index contributed by atoms with van der Waals surface area (Å²) in [6, 6.07) is 20.3. The first-order valence-electron chi connectivity index (χ1n) is 8.35. The molecule has 1 heterocycles. The highest BCUT2D eigenvalue weighted by Gasteiger charge is 2.46. The third-order valence-electron chi connectivity index (χ3n) is 5.12. The SMILES string of the molecule is O=C(N[C@@H]1C[C@@H]2OCC[C@@H]21)C(c1ccccc1)c1ccccc1. The predicted octanol–water partition coefficient (Wildman–Crippen LogP) is 3.11. The number of hydrogen-bond acceptors (Lipinski definition) is 2. The third-order valence-corrected chi connectivity index (χ3v) is 5.12. The molecule has 3 heteroatoms. The second-order valence-electron chi connectivity index (χ2n) is 6.47. The molecule has 1 aliphatic carbocycles. The third kappa shape index (κ3) is 2.77. The summed E-state index contributed by atoms with van der Waals surface area (Å²) in [4.78, 5) is 13.0. The van der Waals surface area contributed by atoms with Crippen molar-refractivity contribution in [2.24, 2.45) is 5.92 Å². The summed E-state index contributed by atoms with van der Waals surface area (Å²) in [6.07, 6.45) is 2.39. The molecule has 118 valence electrons. The van der Waals surface area contributed by atoms with Gasteiger partial charge in [-0.05, 0) is 24.0 Å². The minimum atomic E-state index is -0.251. The first-order chi connectivity index (χ1) is 11.3. The summed E-state index contributed by atoms with van der Waals surface area (Å²) in [7, 11) is 0.